The van der Waals surface area contributed by atoms with E-state index >= 15 is 0 Å². The van der Waals surface area contributed by atoms with Crippen LogP contribution in [-0.2, 0) is 24.4 Å². The second kappa shape index (κ2) is 9.67. The number of hydrogen-bond acceptors (Lipinski definition) is 4. The Bertz CT molecular complexity index is 600. The zero-order valence-electron chi connectivity index (χ0n) is 14.9. The lowest BCUT2D eigenvalue weighted by Gasteiger charge is -2.23. The number of nitrogens with zero attached hydrogens (tertiary/aromatic N) is 2. The summed E-state index contributed by atoms with van der Waals surface area (Å²) in [5.74, 6) is 0.797. The molecule has 0 saturated heterocycles. The van der Waals surface area contributed by atoms with E-state index in [1.54, 1.807) is 7.11 Å². The van der Waals surface area contributed by atoms with Crippen LogP contribution in [0.3, 0.4) is 0 Å². The van der Waals surface area contributed by atoms with E-state index in [4.69, 9.17) is 9.47 Å². The van der Waals surface area contributed by atoms with Crippen molar-refractivity contribution in [3.63, 3.8) is 0 Å². The van der Waals surface area contributed by atoms with Gasteiger partial charge in [-0.2, -0.15) is 5.10 Å². The number of methoxy groups -OCH3 is 1. The summed E-state index contributed by atoms with van der Waals surface area (Å²) in [6.45, 7) is 6.18. The van der Waals surface area contributed by atoms with Gasteiger partial charge >= 0.3 is 0 Å². The van der Waals surface area contributed by atoms with Crippen LogP contribution in [0.2, 0.25) is 0 Å². The third kappa shape index (κ3) is 6.15. The van der Waals surface area contributed by atoms with Crippen molar-refractivity contribution < 1.29 is 9.47 Å². The third-order valence-electron chi connectivity index (χ3n) is 3.86. The summed E-state index contributed by atoms with van der Waals surface area (Å²) in [6.07, 6.45) is 0.867. The van der Waals surface area contributed by atoms with Crippen molar-refractivity contribution in [2.24, 2.45) is 0 Å². The van der Waals surface area contributed by atoms with Gasteiger partial charge in [0.15, 0.2) is 0 Å². The van der Waals surface area contributed by atoms with E-state index in [1.165, 1.54) is 0 Å². The molecule has 0 aliphatic rings. The number of aryl methyl sites for hydroxylation is 1. The van der Waals surface area contributed by atoms with Crippen molar-refractivity contribution in [3.05, 3.63) is 47.7 Å². The Labute approximate surface area is 150 Å². The Morgan fingerprint density at radius 3 is 2.54 bits per heavy atom. The van der Waals surface area contributed by atoms with E-state index in [-0.39, 0.29) is 18.0 Å². The smallest absolute Gasteiger partial charge is 0.212 e. The van der Waals surface area contributed by atoms with Gasteiger partial charge in [0.05, 0.1) is 11.3 Å². The first-order valence-corrected chi connectivity index (χ1v) is 7.97. The molecule has 1 aromatic heterocycles. The predicted octanol–water partition coefficient (Wildman–Crippen LogP) is 3.42. The Morgan fingerprint density at radius 2 is 1.92 bits per heavy atom. The van der Waals surface area contributed by atoms with Gasteiger partial charge in [-0.1, -0.05) is 30.3 Å². The van der Waals surface area contributed by atoms with Crippen LogP contribution >= 0.6 is 12.4 Å². The largest absolute Gasteiger partial charge is 0.473 e. The molecular formula is C18H28ClN3O2. The summed E-state index contributed by atoms with van der Waals surface area (Å²) >= 11 is 0. The first kappa shape index (κ1) is 20.5. The molecule has 1 N–H and O–H groups in total. The summed E-state index contributed by atoms with van der Waals surface area (Å²) < 4.78 is 13.4. The maximum Gasteiger partial charge on any atom is 0.212 e. The molecular weight excluding hydrogens is 326 g/mol. The third-order valence-corrected chi connectivity index (χ3v) is 3.86. The Kier molecular flexibility index (Phi) is 8.25. The molecule has 0 saturated carbocycles. The average Bonchev–Trinajstić information content (AvgIpc) is 2.94. The van der Waals surface area contributed by atoms with E-state index in [0.717, 1.165) is 36.6 Å². The lowest BCUT2D eigenvalue weighted by atomic mass is 10.1. The van der Waals surface area contributed by atoms with Gasteiger partial charge < -0.3 is 14.8 Å². The molecule has 0 atom stereocenters. The number of benzene rings is 1. The highest BCUT2D eigenvalue weighted by Gasteiger charge is 2.18. The summed E-state index contributed by atoms with van der Waals surface area (Å²) in [7, 11) is 3.65. The molecule has 0 spiro atoms. The van der Waals surface area contributed by atoms with Gasteiger partial charge in [0.1, 0.15) is 6.61 Å². The number of hydrogen-bond donors (Lipinski definition) is 1. The van der Waals surface area contributed by atoms with Gasteiger partial charge in [0.25, 0.3) is 0 Å². The number of halogens is 1. The van der Waals surface area contributed by atoms with Crippen molar-refractivity contribution in [1.82, 2.24) is 15.1 Å². The van der Waals surface area contributed by atoms with E-state index in [9.17, 15) is 0 Å². The molecule has 0 radical (unpaired) electrons. The highest BCUT2D eigenvalue weighted by molar-refractivity contribution is 5.85. The van der Waals surface area contributed by atoms with E-state index in [1.807, 2.05) is 36.0 Å². The van der Waals surface area contributed by atoms with Crippen LogP contribution in [0.5, 0.6) is 5.88 Å². The minimum absolute atomic E-state index is 0. The van der Waals surface area contributed by atoms with Gasteiger partial charge in [-0.25, -0.2) is 4.68 Å². The van der Waals surface area contributed by atoms with Gasteiger partial charge in [-0.3, -0.25) is 0 Å². The quantitative estimate of drug-likeness (QED) is 0.750. The van der Waals surface area contributed by atoms with Crippen molar-refractivity contribution in [2.75, 3.05) is 14.2 Å². The standard InChI is InChI=1S/C18H27N3O2.ClH/c1-18(2,22-4)10-11-21-17(12-16(20-21)13-19-3)23-14-15-8-6-5-7-9-15;/h5-9,12,19H,10-11,13-14H2,1-4H3;1H. The second-order valence-corrected chi connectivity index (χ2v) is 6.22. The molecule has 0 aliphatic heterocycles. The predicted molar refractivity (Wildman–Crippen MR) is 98.7 cm³/mol. The van der Waals surface area contributed by atoms with Gasteiger partial charge in [0.2, 0.25) is 5.88 Å². The van der Waals surface area contributed by atoms with Gasteiger partial charge in [0, 0.05) is 26.3 Å². The molecule has 0 aliphatic carbocycles. The summed E-state index contributed by atoms with van der Waals surface area (Å²) in [6, 6.07) is 12.2. The zero-order chi connectivity index (χ0) is 16.7. The first-order chi connectivity index (χ1) is 11.0. The monoisotopic (exact) mass is 353 g/mol. The fourth-order valence-electron chi connectivity index (χ4n) is 2.20. The number of ether oxygens (including phenoxy) is 2. The molecule has 24 heavy (non-hydrogen) atoms. The fraction of sp³-hybridized carbons (Fsp3) is 0.500. The lowest BCUT2D eigenvalue weighted by Crippen LogP contribution is -2.25. The molecule has 1 heterocycles. The maximum absolute atomic E-state index is 5.98. The lowest BCUT2D eigenvalue weighted by molar-refractivity contribution is 0.0107. The van der Waals surface area contributed by atoms with Crippen LogP contribution in [0.1, 0.15) is 31.5 Å². The first-order valence-electron chi connectivity index (χ1n) is 7.97. The highest BCUT2D eigenvalue weighted by Crippen LogP contribution is 2.20. The molecule has 0 bridgehead atoms. The van der Waals surface area contributed by atoms with Crippen LogP contribution in [0, 0.1) is 0 Å². The average molecular weight is 354 g/mol. The van der Waals surface area contributed by atoms with Crippen molar-refractivity contribution >= 4 is 12.4 Å². The molecule has 134 valence electrons. The molecule has 0 unspecified atom stereocenters. The Balaban J connectivity index is 0.00000288. The summed E-state index contributed by atoms with van der Waals surface area (Å²) in [5.41, 5.74) is 1.95. The fourth-order valence-corrected chi connectivity index (χ4v) is 2.20. The van der Waals surface area contributed by atoms with E-state index < -0.39 is 0 Å². The van der Waals surface area contributed by atoms with Crippen LogP contribution in [0.25, 0.3) is 0 Å². The van der Waals surface area contributed by atoms with Crippen molar-refractivity contribution in [1.29, 1.82) is 0 Å². The Morgan fingerprint density at radius 1 is 1.21 bits per heavy atom. The van der Waals surface area contributed by atoms with Gasteiger partial charge in [-0.15, -0.1) is 12.4 Å². The molecule has 2 rings (SSSR count). The molecule has 6 heteroatoms. The van der Waals surface area contributed by atoms with Crippen molar-refractivity contribution in [2.45, 2.75) is 45.6 Å². The zero-order valence-corrected chi connectivity index (χ0v) is 15.7. The topological polar surface area (TPSA) is 48.3 Å². The number of aromatic nitrogens is 2. The summed E-state index contributed by atoms with van der Waals surface area (Å²) in [4.78, 5) is 0. The molecule has 2 aromatic rings. The van der Waals surface area contributed by atoms with E-state index in [0.29, 0.717) is 6.61 Å². The van der Waals surface area contributed by atoms with E-state index in [2.05, 4.69) is 36.4 Å². The van der Waals surface area contributed by atoms with Crippen LogP contribution in [0.15, 0.2) is 36.4 Å². The number of nitrogens with one attached hydrogen (secondary N) is 1. The maximum atomic E-state index is 5.98. The molecule has 0 fully saturated rings. The van der Waals surface area contributed by atoms with Crippen LogP contribution < -0.4 is 10.1 Å². The summed E-state index contributed by atoms with van der Waals surface area (Å²) in [5, 5.41) is 7.75. The minimum Gasteiger partial charge on any atom is -0.473 e. The Hall–Kier alpha value is -1.56. The van der Waals surface area contributed by atoms with Crippen LogP contribution in [0.4, 0.5) is 0 Å². The van der Waals surface area contributed by atoms with Crippen LogP contribution in [-0.4, -0.2) is 29.5 Å². The highest BCUT2D eigenvalue weighted by atomic mass is 35.5. The minimum atomic E-state index is -0.175. The SMILES string of the molecule is CNCc1cc(OCc2ccccc2)n(CCC(C)(C)OC)n1.Cl. The van der Waals surface area contributed by atoms with Crippen molar-refractivity contribution in [3.8, 4) is 5.88 Å². The number of rotatable bonds is 9. The molecule has 1 aromatic carbocycles. The normalized spacial score (nSPS) is 11.2. The molecule has 5 nitrogen and oxygen atoms in total. The van der Waals surface area contributed by atoms with Gasteiger partial charge in [-0.05, 0) is 32.9 Å². The second-order valence-electron chi connectivity index (χ2n) is 6.22. The molecule has 0 amide bonds.